The number of likely N-dealkylation sites (N-methyl/N-ethyl adjacent to an activating group) is 1. The van der Waals surface area contributed by atoms with E-state index in [9.17, 15) is 18.7 Å². The molecule has 0 saturated carbocycles. The zero-order valence-electron chi connectivity index (χ0n) is 13.7. The van der Waals surface area contributed by atoms with Gasteiger partial charge in [-0.05, 0) is 50.2 Å². The molecule has 0 aliphatic heterocycles. The van der Waals surface area contributed by atoms with Gasteiger partial charge < -0.3 is 14.7 Å². The normalized spacial score (nSPS) is 11.2. The van der Waals surface area contributed by atoms with Crippen LogP contribution < -0.4 is 4.74 Å². The Kier molecular flexibility index (Phi) is 5.19. The Morgan fingerprint density at radius 1 is 1.17 bits per heavy atom. The Hall–Kier alpha value is -2.47. The average Bonchev–Trinajstić information content (AvgIpc) is 2.48. The van der Waals surface area contributed by atoms with E-state index in [0.29, 0.717) is 11.3 Å². The lowest BCUT2D eigenvalue weighted by molar-refractivity contribution is 0.0368. The summed E-state index contributed by atoms with van der Waals surface area (Å²) in [5.41, 5.74) is -0.582. The minimum atomic E-state index is -0.992. The number of hydrogen-bond donors (Lipinski definition) is 1. The summed E-state index contributed by atoms with van der Waals surface area (Å²) in [4.78, 5) is 13.7. The van der Waals surface area contributed by atoms with Crippen molar-refractivity contribution in [2.45, 2.75) is 19.4 Å². The first-order valence-corrected chi connectivity index (χ1v) is 7.36. The average molecular weight is 335 g/mol. The molecule has 1 N–H and O–H groups in total. The Morgan fingerprint density at radius 2 is 1.79 bits per heavy atom. The number of aliphatic hydroxyl groups is 1. The standard InChI is InChI=1S/C18H19F2NO3/c1-18(2,23)11-21(3)17(22)12-4-7-14(8-5-12)24-16-9-6-13(19)10-15(16)20/h4-10,23H,11H2,1-3H3. The third-order valence-corrected chi connectivity index (χ3v) is 3.19. The summed E-state index contributed by atoms with van der Waals surface area (Å²) >= 11 is 0. The smallest absolute Gasteiger partial charge is 0.253 e. The minimum Gasteiger partial charge on any atom is -0.454 e. The van der Waals surface area contributed by atoms with Crippen molar-refractivity contribution >= 4 is 5.91 Å². The molecule has 0 saturated heterocycles. The van der Waals surface area contributed by atoms with Gasteiger partial charge in [-0.25, -0.2) is 8.78 Å². The quantitative estimate of drug-likeness (QED) is 0.908. The maximum absolute atomic E-state index is 13.6. The Labute approximate surface area is 139 Å². The molecule has 0 fully saturated rings. The van der Waals surface area contributed by atoms with E-state index >= 15 is 0 Å². The molecule has 2 rings (SSSR count). The second-order valence-corrected chi connectivity index (χ2v) is 6.17. The molecule has 128 valence electrons. The number of ether oxygens (including phenoxy) is 1. The molecular weight excluding hydrogens is 316 g/mol. The summed E-state index contributed by atoms with van der Waals surface area (Å²) in [5, 5.41) is 9.76. The number of amides is 1. The van der Waals surface area contributed by atoms with Crippen LogP contribution in [0, 0.1) is 11.6 Å². The van der Waals surface area contributed by atoms with Crippen LogP contribution in [0.25, 0.3) is 0 Å². The highest BCUT2D eigenvalue weighted by atomic mass is 19.1. The molecule has 6 heteroatoms. The van der Waals surface area contributed by atoms with Gasteiger partial charge in [0, 0.05) is 25.2 Å². The van der Waals surface area contributed by atoms with Gasteiger partial charge >= 0.3 is 0 Å². The van der Waals surface area contributed by atoms with E-state index < -0.39 is 17.2 Å². The van der Waals surface area contributed by atoms with Crippen molar-refractivity contribution in [3.05, 3.63) is 59.7 Å². The van der Waals surface area contributed by atoms with Gasteiger partial charge in [-0.3, -0.25) is 4.79 Å². The maximum atomic E-state index is 13.6. The fourth-order valence-corrected chi connectivity index (χ4v) is 2.22. The fraction of sp³-hybridized carbons (Fsp3) is 0.278. The van der Waals surface area contributed by atoms with Crippen LogP contribution in [-0.2, 0) is 0 Å². The Bertz CT molecular complexity index is 724. The van der Waals surface area contributed by atoms with Crippen molar-refractivity contribution in [1.82, 2.24) is 4.90 Å². The molecule has 1 amide bonds. The lowest BCUT2D eigenvalue weighted by Crippen LogP contribution is -2.39. The topological polar surface area (TPSA) is 49.8 Å². The van der Waals surface area contributed by atoms with E-state index in [4.69, 9.17) is 4.74 Å². The lowest BCUT2D eigenvalue weighted by atomic mass is 10.1. The second-order valence-electron chi connectivity index (χ2n) is 6.17. The Morgan fingerprint density at radius 3 is 2.33 bits per heavy atom. The molecule has 0 atom stereocenters. The van der Waals surface area contributed by atoms with E-state index in [0.717, 1.165) is 12.1 Å². The molecule has 0 heterocycles. The third-order valence-electron chi connectivity index (χ3n) is 3.19. The first-order chi connectivity index (χ1) is 11.2. The number of hydrogen-bond acceptors (Lipinski definition) is 3. The molecule has 0 aromatic heterocycles. The third kappa shape index (κ3) is 4.76. The van der Waals surface area contributed by atoms with Gasteiger partial charge in [-0.2, -0.15) is 0 Å². The largest absolute Gasteiger partial charge is 0.454 e. The summed E-state index contributed by atoms with van der Waals surface area (Å²) in [6.07, 6.45) is 0. The monoisotopic (exact) mass is 335 g/mol. The van der Waals surface area contributed by atoms with Gasteiger partial charge in [0.05, 0.1) is 5.60 Å². The SMILES string of the molecule is CN(CC(C)(C)O)C(=O)c1ccc(Oc2ccc(F)cc2F)cc1. The molecule has 0 spiro atoms. The molecule has 0 radical (unpaired) electrons. The molecule has 24 heavy (non-hydrogen) atoms. The number of nitrogens with zero attached hydrogens (tertiary/aromatic N) is 1. The summed E-state index contributed by atoms with van der Waals surface area (Å²) in [7, 11) is 1.60. The van der Waals surface area contributed by atoms with Crippen molar-refractivity contribution in [3.63, 3.8) is 0 Å². The predicted molar refractivity (Wildman–Crippen MR) is 86.1 cm³/mol. The highest BCUT2D eigenvalue weighted by molar-refractivity contribution is 5.94. The van der Waals surface area contributed by atoms with Crippen LogP contribution in [0.5, 0.6) is 11.5 Å². The van der Waals surface area contributed by atoms with Gasteiger partial charge in [0.1, 0.15) is 11.6 Å². The summed E-state index contributed by atoms with van der Waals surface area (Å²) < 4.78 is 31.8. The molecule has 0 aliphatic carbocycles. The van der Waals surface area contributed by atoms with Crippen LogP contribution in [0.1, 0.15) is 24.2 Å². The molecule has 4 nitrogen and oxygen atoms in total. The molecule has 0 unspecified atom stereocenters. The number of carbonyl (C=O) groups excluding carboxylic acids is 1. The van der Waals surface area contributed by atoms with E-state index in [1.165, 1.54) is 23.1 Å². The van der Waals surface area contributed by atoms with Gasteiger partial charge in [0.15, 0.2) is 11.6 Å². The van der Waals surface area contributed by atoms with Gasteiger partial charge in [0.2, 0.25) is 0 Å². The van der Waals surface area contributed by atoms with Crippen molar-refractivity contribution in [1.29, 1.82) is 0 Å². The molecule has 2 aromatic carbocycles. The van der Waals surface area contributed by atoms with E-state index in [1.54, 1.807) is 33.0 Å². The highest BCUT2D eigenvalue weighted by Gasteiger charge is 2.20. The molecule has 2 aromatic rings. The van der Waals surface area contributed by atoms with Crippen LogP contribution in [0.3, 0.4) is 0 Å². The fourth-order valence-electron chi connectivity index (χ4n) is 2.22. The van der Waals surface area contributed by atoms with Crippen LogP contribution in [0.4, 0.5) is 8.78 Å². The minimum absolute atomic E-state index is 0.102. The van der Waals surface area contributed by atoms with Crippen LogP contribution in [0.15, 0.2) is 42.5 Å². The molecule has 0 bridgehead atoms. The first kappa shape index (κ1) is 17.9. The zero-order valence-corrected chi connectivity index (χ0v) is 13.7. The van der Waals surface area contributed by atoms with Crippen LogP contribution in [0.2, 0.25) is 0 Å². The molecular formula is C18H19F2NO3. The van der Waals surface area contributed by atoms with Crippen LogP contribution in [-0.4, -0.2) is 35.1 Å². The summed E-state index contributed by atoms with van der Waals surface area (Å²) in [6, 6.07) is 9.16. The Balaban J connectivity index is 2.08. The summed E-state index contributed by atoms with van der Waals surface area (Å²) in [5.74, 6) is -1.52. The highest BCUT2D eigenvalue weighted by Crippen LogP contribution is 2.25. The first-order valence-electron chi connectivity index (χ1n) is 7.36. The number of carbonyl (C=O) groups is 1. The van der Waals surface area contributed by atoms with Gasteiger partial charge in [-0.1, -0.05) is 0 Å². The van der Waals surface area contributed by atoms with Crippen molar-refractivity contribution in [2.75, 3.05) is 13.6 Å². The molecule has 0 aliphatic rings. The van der Waals surface area contributed by atoms with Gasteiger partial charge in [-0.15, -0.1) is 0 Å². The second kappa shape index (κ2) is 6.97. The number of rotatable bonds is 5. The number of benzene rings is 2. The van der Waals surface area contributed by atoms with Gasteiger partial charge in [0.25, 0.3) is 5.91 Å². The zero-order chi connectivity index (χ0) is 17.9. The van der Waals surface area contributed by atoms with Crippen molar-refractivity contribution < 1.29 is 23.4 Å². The lowest BCUT2D eigenvalue weighted by Gasteiger charge is -2.25. The van der Waals surface area contributed by atoms with Crippen molar-refractivity contribution in [2.24, 2.45) is 0 Å². The van der Waals surface area contributed by atoms with Crippen LogP contribution >= 0.6 is 0 Å². The predicted octanol–water partition coefficient (Wildman–Crippen LogP) is 3.60. The van der Waals surface area contributed by atoms with E-state index in [-0.39, 0.29) is 18.2 Å². The number of halogens is 2. The van der Waals surface area contributed by atoms with Crippen molar-refractivity contribution in [3.8, 4) is 11.5 Å². The summed E-state index contributed by atoms with van der Waals surface area (Å²) in [6.45, 7) is 3.42. The maximum Gasteiger partial charge on any atom is 0.253 e. The van der Waals surface area contributed by atoms with E-state index in [1.807, 2.05) is 0 Å². The van der Waals surface area contributed by atoms with E-state index in [2.05, 4.69) is 0 Å².